The van der Waals surface area contributed by atoms with Crippen molar-refractivity contribution in [2.45, 2.75) is 25.6 Å². The molecule has 2 aromatic heterocycles. The smallest absolute Gasteiger partial charge is 0.254 e. The second-order valence-electron chi connectivity index (χ2n) is 6.67. The maximum atomic E-state index is 12.5. The van der Waals surface area contributed by atoms with Gasteiger partial charge in [0.15, 0.2) is 0 Å². The molecule has 1 amide bonds. The van der Waals surface area contributed by atoms with Gasteiger partial charge in [-0.1, -0.05) is 0 Å². The molecule has 0 aliphatic carbocycles. The van der Waals surface area contributed by atoms with Crippen molar-refractivity contribution in [1.82, 2.24) is 14.9 Å². The Balaban J connectivity index is 1.31. The Morgan fingerprint density at radius 1 is 1.44 bits per heavy atom. The zero-order valence-electron chi connectivity index (χ0n) is 14.2. The summed E-state index contributed by atoms with van der Waals surface area (Å²) in [6.07, 6.45) is 4.27. The lowest BCUT2D eigenvalue weighted by Crippen LogP contribution is -2.66. The Morgan fingerprint density at radius 2 is 2.24 bits per heavy atom. The number of pyridine rings is 1. The molecule has 1 spiro atoms. The molecule has 2 aromatic rings. The van der Waals surface area contributed by atoms with E-state index in [9.17, 15) is 4.79 Å². The number of likely N-dealkylation sites (tertiary alicyclic amines) is 1. The van der Waals surface area contributed by atoms with Gasteiger partial charge in [0.25, 0.3) is 5.91 Å². The Bertz CT molecular complexity index is 743. The summed E-state index contributed by atoms with van der Waals surface area (Å²) in [5, 5.41) is 3.10. The number of hydrogen-bond donors (Lipinski definition) is 0. The standard InChI is InChI=1S/C18H21N3O3S/c1-13-20-16(10-25-13)9-23-8-15-4-7-24-18(15)11-21(12-18)17(22)14-2-5-19-6-3-14/h2-3,5-6,10,15H,4,7-9,11-12H2,1H3/t15-/m1/s1. The molecule has 4 rings (SSSR count). The van der Waals surface area contributed by atoms with Crippen LogP contribution in [-0.4, -0.2) is 52.7 Å². The summed E-state index contributed by atoms with van der Waals surface area (Å²) in [6, 6.07) is 3.50. The van der Waals surface area contributed by atoms with Gasteiger partial charge in [0, 0.05) is 35.9 Å². The lowest BCUT2D eigenvalue weighted by atomic mass is 9.81. The van der Waals surface area contributed by atoms with Gasteiger partial charge in [-0.2, -0.15) is 0 Å². The Hall–Kier alpha value is -1.83. The maximum absolute atomic E-state index is 12.5. The number of ether oxygens (including phenoxy) is 2. The molecule has 0 unspecified atom stereocenters. The first-order chi connectivity index (χ1) is 12.2. The molecule has 0 radical (unpaired) electrons. The van der Waals surface area contributed by atoms with E-state index >= 15 is 0 Å². The number of thiazole rings is 1. The summed E-state index contributed by atoms with van der Waals surface area (Å²) in [4.78, 5) is 22.7. The van der Waals surface area contributed by atoms with E-state index in [0.29, 0.717) is 37.8 Å². The van der Waals surface area contributed by atoms with E-state index in [2.05, 4.69) is 9.97 Å². The van der Waals surface area contributed by atoms with E-state index in [0.717, 1.165) is 23.7 Å². The summed E-state index contributed by atoms with van der Waals surface area (Å²) in [5.74, 6) is 0.370. The molecule has 0 N–H and O–H groups in total. The molecule has 0 bridgehead atoms. The lowest BCUT2D eigenvalue weighted by Gasteiger charge is -2.50. The average Bonchev–Trinajstić information content (AvgIpc) is 3.20. The molecule has 4 heterocycles. The molecule has 6 nitrogen and oxygen atoms in total. The molecule has 1 atom stereocenters. The van der Waals surface area contributed by atoms with Gasteiger partial charge in [0.05, 0.1) is 37.0 Å². The average molecular weight is 359 g/mol. The third-order valence-electron chi connectivity index (χ3n) is 4.97. The fourth-order valence-electron chi connectivity index (χ4n) is 3.57. The predicted molar refractivity (Wildman–Crippen MR) is 93.4 cm³/mol. The Morgan fingerprint density at radius 3 is 2.96 bits per heavy atom. The number of hydrogen-bond acceptors (Lipinski definition) is 6. The minimum atomic E-state index is -0.235. The van der Waals surface area contributed by atoms with E-state index in [1.807, 2.05) is 17.2 Å². The van der Waals surface area contributed by atoms with E-state index in [4.69, 9.17) is 9.47 Å². The van der Waals surface area contributed by atoms with Gasteiger partial charge >= 0.3 is 0 Å². The lowest BCUT2D eigenvalue weighted by molar-refractivity contribution is -0.129. The fraction of sp³-hybridized carbons (Fsp3) is 0.500. The van der Waals surface area contributed by atoms with Crippen LogP contribution in [0.3, 0.4) is 0 Å². The zero-order valence-corrected chi connectivity index (χ0v) is 15.0. The molecule has 0 saturated carbocycles. The SMILES string of the molecule is Cc1nc(COC[C@H]2CCOC23CN(C(=O)c2ccncc2)C3)cs1. The minimum absolute atomic E-state index is 0.0427. The van der Waals surface area contributed by atoms with Crippen molar-refractivity contribution in [3.63, 3.8) is 0 Å². The minimum Gasteiger partial charge on any atom is -0.375 e. The molecule has 7 heteroatoms. The van der Waals surface area contributed by atoms with Gasteiger partial charge in [-0.05, 0) is 25.5 Å². The van der Waals surface area contributed by atoms with Crippen molar-refractivity contribution >= 4 is 17.2 Å². The van der Waals surface area contributed by atoms with Gasteiger partial charge in [-0.3, -0.25) is 9.78 Å². The highest BCUT2D eigenvalue weighted by molar-refractivity contribution is 7.09. The van der Waals surface area contributed by atoms with Crippen LogP contribution in [0.15, 0.2) is 29.9 Å². The number of amides is 1. The molecule has 2 aliphatic rings. The summed E-state index contributed by atoms with van der Waals surface area (Å²) >= 11 is 1.64. The Labute approximate surface area is 150 Å². The van der Waals surface area contributed by atoms with Crippen LogP contribution < -0.4 is 0 Å². The number of nitrogens with zero attached hydrogens (tertiary/aromatic N) is 3. The second-order valence-corrected chi connectivity index (χ2v) is 7.73. The van der Waals surface area contributed by atoms with Crippen molar-refractivity contribution in [2.24, 2.45) is 5.92 Å². The topological polar surface area (TPSA) is 64.6 Å². The van der Waals surface area contributed by atoms with E-state index < -0.39 is 0 Å². The number of carbonyl (C=O) groups excluding carboxylic acids is 1. The second kappa shape index (κ2) is 6.82. The zero-order chi connectivity index (χ0) is 17.3. The predicted octanol–water partition coefficient (Wildman–Crippen LogP) is 2.29. The third-order valence-corrected chi connectivity index (χ3v) is 5.79. The highest BCUT2D eigenvalue weighted by Gasteiger charge is 2.54. The van der Waals surface area contributed by atoms with Crippen molar-refractivity contribution in [3.8, 4) is 0 Å². The van der Waals surface area contributed by atoms with Crippen LogP contribution in [0.4, 0.5) is 0 Å². The van der Waals surface area contributed by atoms with Gasteiger partial charge < -0.3 is 14.4 Å². The Kier molecular flexibility index (Phi) is 4.54. The normalized spacial score (nSPS) is 21.5. The largest absolute Gasteiger partial charge is 0.375 e. The molecule has 2 fully saturated rings. The molecule has 2 saturated heterocycles. The van der Waals surface area contributed by atoms with Crippen LogP contribution in [0.1, 0.15) is 27.5 Å². The third kappa shape index (κ3) is 3.31. The highest BCUT2D eigenvalue weighted by Crippen LogP contribution is 2.40. The van der Waals surface area contributed by atoms with E-state index in [-0.39, 0.29) is 11.5 Å². The van der Waals surface area contributed by atoms with Gasteiger partial charge in [-0.25, -0.2) is 4.98 Å². The first-order valence-electron chi connectivity index (χ1n) is 8.48. The first kappa shape index (κ1) is 16.6. The van der Waals surface area contributed by atoms with Crippen molar-refractivity contribution < 1.29 is 14.3 Å². The van der Waals surface area contributed by atoms with Crippen molar-refractivity contribution in [2.75, 3.05) is 26.3 Å². The summed E-state index contributed by atoms with van der Waals surface area (Å²) in [7, 11) is 0. The van der Waals surface area contributed by atoms with Crippen LogP contribution in [0.25, 0.3) is 0 Å². The summed E-state index contributed by atoms with van der Waals surface area (Å²) < 4.78 is 11.9. The fourth-order valence-corrected chi connectivity index (χ4v) is 4.17. The highest BCUT2D eigenvalue weighted by atomic mass is 32.1. The van der Waals surface area contributed by atoms with Crippen molar-refractivity contribution in [1.29, 1.82) is 0 Å². The molecule has 2 aliphatic heterocycles. The monoisotopic (exact) mass is 359 g/mol. The maximum Gasteiger partial charge on any atom is 0.254 e. The molecular formula is C18H21N3O3S. The number of carbonyl (C=O) groups is 1. The van der Waals surface area contributed by atoms with Gasteiger partial charge in [0.1, 0.15) is 5.60 Å². The molecule has 132 valence electrons. The molecule has 25 heavy (non-hydrogen) atoms. The van der Waals surface area contributed by atoms with E-state index in [1.54, 1.807) is 35.9 Å². The van der Waals surface area contributed by atoms with Crippen LogP contribution in [0.2, 0.25) is 0 Å². The number of aryl methyl sites for hydroxylation is 1. The van der Waals surface area contributed by atoms with E-state index in [1.165, 1.54) is 0 Å². The van der Waals surface area contributed by atoms with Crippen molar-refractivity contribution in [3.05, 3.63) is 46.2 Å². The van der Waals surface area contributed by atoms with Gasteiger partial charge in [-0.15, -0.1) is 11.3 Å². The van der Waals surface area contributed by atoms with Crippen LogP contribution in [-0.2, 0) is 16.1 Å². The first-order valence-corrected chi connectivity index (χ1v) is 9.36. The quantitative estimate of drug-likeness (QED) is 0.820. The number of aromatic nitrogens is 2. The summed E-state index contributed by atoms with van der Waals surface area (Å²) in [6.45, 7) is 5.19. The summed E-state index contributed by atoms with van der Waals surface area (Å²) in [5.41, 5.74) is 1.42. The number of rotatable bonds is 5. The van der Waals surface area contributed by atoms with Crippen LogP contribution in [0, 0.1) is 12.8 Å². The van der Waals surface area contributed by atoms with Gasteiger partial charge in [0.2, 0.25) is 0 Å². The van der Waals surface area contributed by atoms with Crippen LogP contribution >= 0.6 is 11.3 Å². The van der Waals surface area contributed by atoms with Crippen LogP contribution in [0.5, 0.6) is 0 Å². The molecule has 0 aromatic carbocycles. The molecular weight excluding hydrogens is 338 g/mol.